The van der Waals surface area contributed by atoms with Crippen molar-refractivity contribution in [3.63, 3.8) is 0 Å². The Balaban J connectivity index is 1.43. The largest absolute Gasteiger partial charge is 0.257 e. The van der Waals surface area contributed by atoms with Crippen molar-refractivity contribution in [1.29, 1.82) is 0 Å². The van der Waals surface area contributed by atoms with Gasteiger partial charge in [-0.3, -0.25) is 5.01 Å². The molecule has 1 atom stereocenters. The fourth-order valence-electron chi connectivity index (χ4n) is 3.89. The van der Waals surface area contributed by atoms with Crippen LogP contribution in [0.2, 0.25) is 5.02 Å². The molecule has 0 saturated heterocycles. The zero-order valence-corrected chi connectivity index (χ0v) is 18.2. The van der Waals surface area contributed by atoms with Gasteiger partial charge in [-0.2, -0.15) is 5.10 Å². The van der Waals surface area contributed by atoms with Crippen LogP contribution >= 0.6 is 11.6 Å². The number of anilines is 1. The molecule has 4 aromatic carbocycles. The molecule has 0 saturated carbocycles. The summed E-state index contributed by atoms with van der Waals surface area (Å²) >= 11 is 6.29. The average molecular weight is 433 g/mol. The van der Waals surface area contributed by atoms with Crippen LogP contribution in [0.15, 0.2) is 114 Å². The Hall–Kier alpha value is -3.80. The van der Waals surface area contributed by atoms with Gasteiger partial charge in [0.25, 0.3) is 0 Å². The fraction of sp³-hybridized carbons (Fsp3) is 0.0690. The maximum Gasteiger partial charge on any atom is 0.0832 e. The van der Waals surface area contributed by atoms with E-state index in [9.17, 15) is 0 Å². The lowest BCUT2D eigenvalue weighted by atomic mass is 9.97. The predicted molar refractivity (Wildman–Crippen MR) is 133 cm³/mol. The van der Waals surface area contributed by atoms with E-state index >= 15 is 0 Å². The lowest BCUT2D eigenvalue weighted by molar-refractivity contribution is 0.709. The van der Waals surface area contributed by atoms with Crippen LogP contribution in [0.1, 0.15) is 34.7 Å². The Labute approximate surface area is 193 Å². The molecule has 154 valence electrons. The molecule has 0 aromatic heterocycles. The first kappa shape index (κ1) is 20.1. The Kier molecular flexibility index (Phi) is 5.75. The van der Waals surface area contributed by atoms with E-state index < -0.39 is 0 Å². The molecule has 1 aliphatic rings. The average Bonchev–Trinajstić information content (AvgIpc) is 3.30. The zero-order valence-electron chi connectivity index (χ0n) is 17.4. The summed E-state index contributed by atoms with van der Waals surface area (Å²) in [5, 5.41) is 7.85. The first-order chi connectivity index (χ1) is 15.8. The second kappa shape index (κ2) is 9.14. The Morgan fingerprint density at radius 3 is 2.06 bits per heavy atom. The van der Waals surface area contributed by atoms with Crippen molar-refractivity contribution < 1.29 is 0 Å². The Morgan fingerprint density at radius 2 is 1.38 bits per heavy atom. The van der Waals surface area contributed by atoms with Crippen molar-refractivity contribution in [2.75, 3.05) is 5.01 Å². The molecule has 0 amide bonds. The molecule has 2 nitrogen and oxygen atoms in total. The smallest absolute Gasteiger partial charge is 0.0832 e. The Bertz CT molecular complexity index is 1300. The van der Waals surface area contributed by atoms with Crippen molar-refractivity contribution in [1.82, 2.24) is 0 Å². The summed E-state index contributed by atoms with van der Waals surface area (Å²) in [4.78, 5) is 0. The van der Waals surface area contributed by atoms with Gasteiger partial charge in [-0.05, 0) is 59.7 Å². The summed E-state index contributed by atoms with van der Waals surface area (Å²) in [5.74, 6) is 6.45. The SMILES string of the molecule is Clc1cccc(C2CC(c3ccc(C#Cc4ccccc4)cc3)=NN2c2ccccc2)c1. The molecule has 32 heavy (non-hydrogen) atoms. The van der Waals surface area contributed by atoms with E-state index in [1.165, 1.54) is 0 Å². The highest BCUT2D eigenvalue weighted by Gasteiger charge is 2.29. The molecule has 0 fully saturated rings. The van der Waals surface area contributed by atoms with E-state index in [-0.39, 0.29) is 6.04 Å². The first-order valence-corrected chi connectivity index (χ1v) is 11.0. The van der Waals surface area contributed by atoms with Gasteiger partial charge < -0.3 is 0 Å². The van der Waals surface area contributed by atoms with Crippen molar-refractivity contribution >= 4 is 23.0 Å². The number of rotatable bonds is 3. The van der Waals surface area contributed by atoms with Gasteiger partial charge in [0.2, 0.25) is 0 Å². The van der Waals surface area contributed by atoms with Gasteiger partial charge in [0, 0.05) is 22.6 Å². The lowest BCUT2D eigenvalue weighted by Crippen LogP contribution is -2.18. The minimum absolute atomic E-state index is 0.101. The van der Waals surface area contributed by atoms with Crippen molar-refractivity contribution in [2.45, 2.75) is 12.5 Å². The van der Waals surface area contributed by atoms with Crippen LogP contribution in [0.25, 0.3) is 0 Å². The molecular weight excluding hydrogens is 412 g/mol. The van der Waals surface area contributed by atoms with E-state index in [0.717, 1.165) is 45.1 Å². The van der Waals surface area contributed by atoms with Crippen LogP contribution in [0, 0.1) is 11.8 Å². The van der Waals surface area contributed by atoms with Gasteiger partial charge in [0.1, 0.15) is 0 Å². The van der Waals surface area contributed by atoms with E-state index in [1.54, 1.807) is 0 Å². The third kappa shape index (κ3) is 4.44. The fourth-order valence-corrected chi connectivity index (χ4v) is 4.09. The molecule has 0 spiro atoms. The summed E-state index contributed by atoms with van der Waals surface area (Å²) in [7, 11) is 0. The second-order valence-corrected chi connectivity index (χ2v) is 8.13. The number of hydrogen-bond donors (Lipinski definition) is 0. The van der Waals surface area contributed by atoms with Crippen molar-refractivity contribution in [3.8, 4) is 11.8 Å². The van der Waals surface area contributed by atoms with Crippen LogP contribution < -0.4 is 5.01 Å². The minimum atomic E-state index is 0.101. The number of halogens is 1. The molecule has 0 bridgehead atoms. The van der Waals surface area contributed by atoms with E-state index in [4.69, 9.17) is 16.7 Å². The van der Waals surface area contributed by atoms with Crippen molar-refractivity contribution in [3.05, 3.63) is 136 Å². The third-order valence-corrected chi connectivity index (χ3v) is 5.74. The Morgan fingerprint density at radius 1 is 0.719 bits per heavy atom. The van der Waals surface area contributed by atoms with Crippen molar-refractivity contribution in [2.24, 2.45) is 5.10 Å². The molecule has 4 aromatic rings. The van der Waals surface area contributed by atoms with Crippen LogP contribution in [0.3, 0.4) is 0 Å². The number of hydrazone groups is 1. The van der Waals surface area contributed by atoms with Crippen LogP contribution in [-0.2, 0) is 0 Å². The topological polar surface area (TPSA) is 15.6 Å². The van der Waals surface area contributed by atoms with Gasteiger partial charge >= 0.3 is 0 Å². The number of benzene rings is 4. The maximum atomic E-state index is 6.29. The standard InChI is InChI=1S/C29H21ClN2/c30-26-11-7-10-25(20-26)29-21-28(31-32(29)27-12-5-2-6-13-27)24-18-16-23(17-19-24)15-14-22-8-3-1-4-9-22/h1-13,16-20,29H,21H2. The zero-order chi connectivity index (χ0) is 21.8. The van der Waals surface area contributed by atoms with E-state index in [1.807, 2.05) is 66.7 Å². The summed E-state index contributed by atoms with van der Waals surface area (Å²) < 4.78 is 0. The monoisotopic (exact) mass is 432 g/mol. The molecule has 0 aliphatic carbocycles. The van der Waals surface area contributed by atoms with Gasteiger partial charge in [0.15, 0.2) is 0 Å². The third-order valence-electron chi connectivity index (χ3n) is 5.51. The van der Waals surface area contributed by atoms with Crippen LogP contribution in [0.4, 0.5) is 5.69 Å². The highest BCUT2D eigenvalue weighted by atomic mass is 35.5. The quantitative estimate of drug-likeness (QED) is 0.315. The second-order valence-electron chi connectivity index (χ2n) is 7.70. The normalized spacial score (nSPS) is 15.1. The van der Waals surface area contributed by atoms with Gasteiger partial charge in [0.05, 0.1) is 17.4 Å². The predicted octanol–water partition coefficient (Wildman–Crippen LogP) is 7.10. The lowest BCUT2D eigenvalue weighted by Gasteiger charge is -2.24. The molecule has 0 radical (unpaired) electrons. The summed E-state index contributed by atoms with van der Waals surface area (Å²) in [6, 6.07) is 36.8. The summed E-state index contributed by atoms with van der Waals surface area (Å²) in [6.45, 7) is 0. The number of hydrogen-bond acceptors (Lipinski definition) is 2. The molecule has 5 rings (SSSR count). The molecular formula is C29H21ClN2. The van der Waals surface area contributed by atoms with Crippen LogP contribution in [0.5, 0.6) is 0 Å². The highest BCUT2D eigenvalue weighted by Crippen LogP contribution is 2.37. The first-order valence-electron chi connectivity index (χ1n) is 10.6. The molecule has 3 heteroatoms. The molecule has 0 N–H and O–H groups in total. The molecule has 1 heterocycles. The van der Waals surface area contributed by atoms with E-state index in [2.05, 4.69) is 59.3 Å². The number of nitrogens with zero attached hydrogens (tertiary/aromatic N) is 2. The number of para-hydroxylation sites is 1. The highest BCUT2D eigenvalue weighted by molar-refractivity contribution is 6.30. The summed E-state index contributed by atoms with van der Waals surface area (Å²) in [5.41, 5.74) is 6.40. The van der Waals surface area contributed by atoms with E-state index in [0.29, 0.717) is 0 Å². The van der Waals surface area contributed by atoms with Gasteiger partial charge in [-0.1, -0.05) is 84.1 Å². The van der Waals surface area contributed by atoms with Crippen LogP contribution in [-0.4, -0.2) is 5.71 Å². The van der Waals surface area contributed by atoms with Gasteiger partial charge in [-0.25, -0.2) is 0 Å². The molecule has 1 aliphatic heterocycles. The minimum Gasteiger partial charge on any atom is -0.257 e. The van der Waals surface area contributed by atoms with Gasteiger partial charge in [-0.15, -0.1) is 0 Å². The maximum absolute atomic E-state index is 6.29. The summed E-state index contributed by atoms with van der Waals surface area (Å²) in [6.07, 6.45) is 0.810. The molecule has 1 unspecified atom stereocenters.